The average molecular weight is 941 g/mol. The zero-order valence-electron chi connectivity index (χ0n) is 42.8. The molecule has 4 aromatic rings. The van der Waals surface area contributed by atoms with Crippen LogP contribution in [0.4, 0.5) is 0 Å². The summed E-state index contributed by atoms with van der Waals surface area (Å²) in [5, 5.41) is 0. The molecule has 0 aromatic heterocycles. The van der Waals surface area contributed by atoms with E-state index in [2.05, 4.69) is 65.8 Å². The molecule has 0 spiro atoms. The number of rotatable bonds is 22. The standard InChI is InChI=1S/C56H76O12/c1-13-61-17-21-65-49-37-25-41-33-47(55(5,6)7)35-43(51(41)67-23-19-63-15-3)27-39-31-46(54(58)60-12)32-40(50(39)66-22-18-62-14-2)28-44-36-48(56(8,9)10)34-42(52(44)68-24-20-64-16-4)26-38(49)30-45(29-37)53(57)59-11/h29-36H,13-28H2,1-12H3. The second kappa shape index (κ2) is 25.5. The van der Waals surface area contributed by atoms with Crippen molar-refractivity contribution in [3.63, 3.8) is 0 Å². The van der Waals surface area contributed by atoms with Gasteiger partial charge in [0.15, 0.2) is 0 Å². The molecule has 0 heterocycles. The molecular formula is C56H76O12. The van der Waals surface area contributed by atoms with Gasteiger partial charge in [0.25, 0.3) is 0 Å². The van der Waals surface area contributed by atoms with Gasteiger partial charge >= 0.3 is 11.9 Å². The van der Waals surface area contributed by atoms with E-state index >= 15 is 0 Å². The van der Waals surface area contributed by atoms with Crippen LogP contribution >= 0.6 is 0 Å². The molecule has 1 aliphatic carbocycles. The minimum Gasteiger partial charge on any atom is -0.491 e. The van der Waals surface area contributed by atoms with Crippen molar-refractivity contribution in [1.29, 1.82) is 0 Å². The molecular weight excluding hydrogens is 865 g/mol. The highest BCUT2D eigenvalue weighted by Crippen LogP contribution is 2.43. The number of carbonyl (C=O) groups excluding carboxylic acids is 2. The molecule has 0 unspecified atom stereocenters. The second-order valence-electron chi connectivity index (χ2n) is 18.9. The third kappa shape index (κ3) is 14.4. The third-order valence-electron chi connectivity index (χ3n) is 11.8. The van der Waals surface area contributed by atoms with Crippen LogP contribution in [-0.4, -0.2) is 105 Å². The molecule has 0 fully saturated rings. The summed E-state index contributed by atoms with van der Waals surface area (Å²) in [7, 11) is 2.79. The number of methoxy groups -OCH3 is 2. The van der Waals surface area contributed by atoms with E-state index in [9.17, 15) is 9.59 Å². The van der Waals surface area contributed by atoms with Gasteiger partial charge in [-0.3, -0.25) is 0 Å². The Kier molecular flexibility index (Phi) is 20.1. The number of benzene rings is 4. The van der Waals surface area contributed by atoms with Crippen LogP contribution in [0.3, 0.4) is 0 Å². The summed E-state index contributed by atoms with van der Waals surface area (Å²) in [6, 6.07) is 16.2. The van der Waals surface area contributed by atoms with Crippen LogP contribution in [0.1, 0.15) is 146 Å². The minimum absolute atomic E-state index is 0.282. The second-order valence-corrected chi connectivity index (χ2v) is 18.9. The fourth-order valence-corrected chi connectivity index (χ4v) is 8.36. The average Bonchev–Trinajstić information content (AvgIpc) is 3.30. The molecule has 0 amide bonds. The summed E-state index contributed by atoms with van der Waals surface area (Å²) < 4.78 is 61.2. The van der Waals surface area contributed by atoms with E-state index in [0.717, 1.165) is 55.6 Å². The lowest BCUT2D eigenvalue weighted by Gasteiger charge is -2.27. The first-order chi connectivity index (χ1) is 32.6. The van der Waals surface area contributed by atoms with Crippen LogP contribution in [0.2, 0.25) is 0 Å². The van der Waals surface area contributed by atoms with Crippen LogP contribution in [0.25, 0.3) is 0 Å². The summed E-state index contributed by atoms with van der Waals surface area (Å²) in [5.74, 6) is 1.71. The molecule has 0 atom stereocenters. The topological polar surface area (TPSA) is 126 Å². The maximum absolute atomic E-state index is 13.7. The van der Waals surface area contributed by atoms with Gasteiger partial charge < -0.3 is 47.4 Å². The monoisotopic (exact) mass is 941 g/mol. The van der Waals surface area contributed by atoms with Gasteiger partial charge in [-0.1, -0.05) is 65.8 Å². The molecule has 12 nitrogen and oxygen atoms in total. The van der Waals surface area contributed by atoms with Crippen molar-refractivity contribution in [3.05, 3.63) is 115 Å². The van der Waals surface area contributed by atoms with Gasteiger partial charge in [0, 0.05) is 52.1 Å². The van der Waals surface area contributed by atoms with Crippen molar-refractivity contribution in [2.75, 3.05) is 93.5 Å². The van der Waals surface area contributed by atoms with Gasteiger partial charge in [-0.25, -0.2) is 9.59 Å². The minimum atomic E-state index is -0.464. The molecule has 0 N–H and O–H groups in total. The van der Waals surface area contributed by atoms with Crippen LogP contribution < -0.4 is 18.9 Å². The van der Waals surface area contributed by atoms with E-state index in [-0.39, 0.29) is 37.3 Å². The highest BCUT2D eigenvalue weighted by atomic mass is 16.5. The Hall–Kier alpha value is -5.14. The lowest BCUT2D eigenvalue weighted by molar-refractivity contribution is 0.0591. The zero-order valence-corrected chi connectivity index (χ0v) is 42.8. The Morgan fingerprint density at radius 2 is 0.603 bits per heavy atom. The maximum Gasteiger partial charge on any atom is 0.337 e. The van der Waals surface area contributed by atoms with Crippen molar-refractivity contribution in [2.45, 2.75) is 106 Å². The van der Waals surface area contributed by atoms with Crippen LogP contribution in [0.5, 0.6) is 23.0 Å². The van der Waals surface area contributed by atoms with Crippen molar-refractivity contribution in [1.82, 2.24) is 0 Å². The van der Waals surface area contributed by atoms with E-state index in [1.165, 1.54) is 14.2 Å². The van der Waals surface area contributed by atoms with E-state index < -0.39 is 11.9 Å². The number of hydrogen-bond donors (Lipinski definition) is 0. The van der Waals surface area contributed by atoms with E-state index in [4.69, 9.17) is 47.4 Å². The van der Waals surface area contributed by atoms with Crippen molar-refractivity contribution < 1.29 is 57.0 Å². The van der Waals surface area contributed by atoms with Gasteiger partial charge in [0.2, 0.25) is 0 Å². The number of carbonyl (C=O) groups is 2. The summed E-state index contributed by atoms with van der Waals surface area (Å²) in [6.45, 7) is 25.7. The highest BCUT2D eigenvalue weighted by Gasteiger charge is 2.29. The zero-order chi connectivity index (χ0) is 49.4. The number of hydrogen-bond acceptors (Lipinski definition) is 12. The van der Waals surface area contributed by atoms with Crippen molar-refractivity contribution >= 4 is 11.9 Å². The first-order valence-electron chi connectivity index (χ1n) is 24.2. The Labute approximate surface area is 405 Å². The number of fused-ring (bicyclic) bond motifs is 8. The van der Waals surface area contributed by atoms with E-state index in [1.54, 1.807) is 0 Å². The molecule has 8 bridgehead atoms. The van der Waals surface area contributed by atoms with Crippen molar-refractivity contribution in [2.24, 2.45) is 0 Å². The summed E-state index contributed by atoms with van der Waals surface area (Å²) in [6.07, 6.45) is 1.33. The summed E-state index contributed by atoms with van der Waals surface area (Å²) in [5.41, 5.74) is 9.03. The molecule has 0 radical (unpaired) electrons. The van der Waals surface area contributed by atoms with Crippen LogP contribution in [-0.2, 0) is 64.9 Å². The lowest BCUT2D eigenvalue weighted by Crippen LogP contribution is -2.18. The largest absolute Gasteiger partial charge is 0.491 e. The van der Waals surface area contributed by atoms with Gasteiger partial charge in [-0.2, -0.15) is 0 Å². The smallest absolute Gasteiger partial charge is 0.337 e. The fraction of sp³-hybridized carbons (Fsp3) is 0.536. The highest BCUT2D eigenvalue weighted by molar-refractivity contribution is 5.91. The molecule has 12 heteroatoms. The molecule has 1 aliphatic rings. The fourth-order valence-electron chi connectivity index (χ4n) is 8.36. The van der Waals surface area contributed by atoms with E-state index in [0.29, 0.717) is 113 Å². The van der Waals surface area contributed by atoms with Gasteiger partial charge in [-0.15, -0.1) is 0 Å². The first-order valence-corrected chi connectivity index (χ1v) is 24.2. The third-order valence-corrected chi connectivity index (χ3v) is 11.8. The Morgan fingerprint density at radius 1 is 0.382 bits per heavy atom. The molecule has 5 rings (SSSR count). The van der Waals surface area contributed by atoms with Crippen LogP contribution in [0, 0.1) is 0 Å². The predicted molar refractivity (Wildman–Crippen MR) is 265 cm³/mol. The molecule has 68 heavy (non-hydrogen) atoms. The Morgan fingerprint density at radius 3 is 0.794 bits per heavy atom. The normalized spacial score (nSPS) is 12.6. The molecule has 372 valence electrons. The first kappa shape index (κ1) is 53.8. The van der Waals surface area contributed by atoms with Crippen molar-refractivity contribution in [3.8, 4) is 23.0 Å². The molecule has 0 aliphatic heterocycles. The van der Waals surface area contributed by atoms with Gasteiger partial charge in [-0.05, 0) is 118 Å². The Balaban J connectivity index is 1.98. The molecule has 0 saturated carbocycles. The van der Waals surface area contributed by atoms with E-state index in [1.807, 2.05) is 52.0 Å². The van der Waals surface area contributed by atoms with Gasteiger partial charge in [0.1, 0.15) is 49.4 Å². The number of ether oxygens (including phenoxy) is 10. The molecule has 4 aromatic carbocycles. The predicted octanol–water partition coefficient (Wildman–Crippen LogP) is 10.2. The summed E-state index contributed by atoms with van der Waals surface area (Å²) >= 11 is 0. The lowest BCUT2D eigenvalue weighted by atomic mass is 9.81. The quantitative estimate of drug-likeness (QED) is 0.0484. The van der Waals surface area contributed by atoms with Gasteiger partial charge in [0.05, 0.1) is 51.8 Å². The Bertz CT molecular complexity index is 2040. The van der Waals surface area contributed by atoms with Crippen LogP contribution in [0.15, 0.2) is 48.5 Å². The summed E-state index contributed by atoms with van der Waals surface area (Å²) in [4.78, 5) is 27.4. The maximum atomic E-state index is 13.7. The molecule has 0 saturated heterocycles. The number of esters is 2. The SMILES string of the molecule is CCOCCOc1c2cc(C(=O)OC)cc1Cc1cc(C(C)(C)C)cc(c1OCCOCC)Cc1cc(C(=O)OC)cc(c1OCCOCC)Cc1cc(C(C)(C)C)cc(c1OCCOCC)C2.